The Balaban J connectivity index is 1.74. The molecule has 0 bridgehead atoms. The van der Waals surface area contributed by atoms with E-state index in [0.717, 1.165) is 16.9 Å². The summed E-state index contributed by atoms with van der Waals surface area (Å²) in [6.07, 6.45) is 1.68. The second-order valence-corrected chi connectivity index (χ2v) is 7.09. The second kappa shape index (κ2) is 8.71. The zero-order valence-electron chi connectivity index (χ0n) is 15.6. The molecule has 6 nitrogen and oxygen atoms in total. The molecule has 0 radical (unpaired) electrons. The first kappa shape index (κ1) is 19.6. The number of amides is 2. The van der Waals surface area contributed by atoms with Crippen LogP contribution in [-0.2, 0) is 11.2 Å². The lowest BCUT2D eigenvalue weighted by Gasteiger charge is -2.13. The number of benzene rings is 2. The lowest BCUT2D eigenvalue weighted by atomic mass is 10.1. The van der Waals surface area contributed by atoms with E-state index in [4.69, 9.17) is 11.6 Å². The monoisotopic (exact) mass is 396 g/mol. The summed E-state index contributed by atoms with van der Waals surface area (Å²) in [6.45, 7) is 3.95. The van der Waals surface area contributed by atoms with Crippen LogP contribution in [0.15, 0.2) is 60.8 Å². The van der Waals surface area contributed by atoms with Crippen LogP contribution in [0.25, 0.3) is 5.69 Å². The van der Waals surface area contributed by atoms with Gasteiger partial charge in [-0.05, 0) is 29.7 Å². The molecule has 0 atom stereocenters. The van der Waals surface area contributed by atoms with Crippen molar-refractivity contribution in [3.63, 3.8) is 0 Å². The van der Waals surface area contributed by atoms with Gasteiger partial charge in [0.25, 0.3) is 5.91 Å². The third-order valence-corrected chi connectivity index (χ3v) is 4.41. The highest BCUT2D eigenvalue weighted by atomic mass is 35.5. The van der Waals surface area contributed by atoms with Crippen LogP contribution in [0, 0.1) is 0 Å². The first-order chi connectivity index (χ1) is 13.5. The summed E-state index contributed by atoms with van der Waals surface area (Å²) in [7, 11) is 0. The molecule has 7 heteroatoms. The minimum absolute atomic E-state index is 0.0299. The lowest BCUT2D eigenvalue weighted by molar-refractivity contribution is -0.121. The van der Waals surface area contributed by atoms with Crippen LogP contribution in [0.5, 0.6) is 0 Å². The van der Waals surface area contributed by atoms with Crippen LogP contribution in [0.2, 0.25) is 5.02 Å². The number of rotatable bonds is 5. The third kappa shape index (κ3) is 4.58. The minimum Gasteiger partial charge on any atom is -0.273 e. The van der Waals surface area contributed by atoms with Gasteiger partial charge in [0.15, 0.2) is 0 Å². The summed E-state index contributed by atoms with van der Waals surface area (Å²) in [6, 6.07) is 16.6. The van der Waals surface area contributed by atoms with Crippen LogP contribution in [0.4, 0.5) is 0 Å². The van der Waals surface area contributed by atoms with Crippen LogP contribution in [0.3, 0.4) is 0 Å². The summed E-state index contributed by atoms with van der Waals surface area (Å²) < 4.78 is 1.69. The quantitative estimate of drug-likeness (QED) is 0.646. The van der Waals surface area contributed by atoms with Crippen LogP contribution in [-0.4, -0.2) is 21.6 Å². The Morgan fingerprint density at radius 1 is 1.07 bits per heavy atom. The molecule has 1 heterocycles. The normalized spacial score (nSPS) is 10.7. The van der Waals surface area contributed by atoms with E-state index >= 15 is 0 Å². The summed E-state index contributed by atoms with van der Waals surface area (Å²) >= 11 is 6.08. The number of aromatic nitrogens is 2. The molecule has 144 valence electrons. The van der Waals surface area contributed by atoms with Crippen molar-refractivity contribution in [3.8, 4) is 5.69 Å². The van der Waals surface area contributed by atoms with E-state index in [2.05, 4.69) is 16.0 Å². The molecule has 3 aromatic rings. The number of carbonyl (C=O) groups excluding carboxylic acids is 2. The Kier molecular flexibility index (Phi) is 6.11. The number of hydrogen-bond acceptors (Lipinski definition) is 3. The van der Waals surface area contributed by atoms with E-state index in [0.29, 0.717) is 10.6 Å². The standard InChI is InChI=1S/C21H21ClN4O2/c1-14(2)20-18(13-23-26(20)17-10-6-9-16(22)12-17)21(28)25-24-19(27)11-15-7-4-3-5-8-15/h3-10,12-14H,11H2,1-2H3,(H,24,27)(H,25,28). The Hall–Kier alpha value is -3.12. The van der Waals surface area contributed by atoms with Gasteiger partial charge in [-0.1, -0.05) is 61.8 Å². The fraction of sp³-hybridized carbons (Fsp3) is 0.190. The van der Waals surface area contributed by atoms with Gasteiger partial charge >= 0.3 is 0 Å². The highest BCUT2D eigenvalue weighted by Crippen LogP contribution is 2.24. The lowest BCUT2D eigenvalue weighted by Crippen LogP contribution is -2.42. The van der Waals surface area contributed by atoms with Crippen LogP contribution >= 0.6 is 11.6 Å². The topological polar surface area (TPSA) is 76.0 Å². The fourth-order valence-corrected chi connectivity index (χ4v) is 3.11. The van der Waals surface area contributed by atoms with Gasteiger partial charge in [-0.3, -0.25) is 20.4 Å². The van der Waals surface area contributed by atoms with Crippen molar-refractivity contribution < 1.29 is 9.59 Å². The Labute approximate surface area is 168 Å². The van der Waals surface area contributed by atoms with Crippen molar-refractivity contribution in [2.24, 2.45) is 0 Å². The predicted molar refractivity (Wildman–Crippen MR) is 108 cm³/mol. The fourth-order valence-electron chi connectivity index (χ4n) is 2.92. The molecular weight excluding hydrogens is 376 g/mol. The predicted octanol–water partition coefficient (Wildman–Crippen LogP) is 3.65. The van der Waals surface area contributed by atoms with Gasteiger partial charge in [-0.25, -0.2) is 4.68 Å². The molecule has 1 aromatic heterocycles. The van der Waals surface area contributed by atoms with Crippen molar-refractivity contribution in [1.82, 2.24) is 20.6 Å². The Morgan fingerprint density at radius 2 is 1.82 bits per heavy atom. The molecule has 28 heavy (non-hydrogen) atoms. The maximum absolute atomic E-state index is 12.6. The third-order valence-electron chi connectivity index (χ3n) is 4.17. The average Bonchev–Trinajstić information content (AvgIpc) is 3.12. The maximum Gasteiger partial charge on any atom is 0.273 e. The van der Waals surface area contributed by atoms with Gasteiger partial charge in [0.1, 0.15) is 0 Å². The van der Waals surface area contributed by atoms with E-state index in [1.54, 1.807) is 16.8 Å². The van der Waals surface area contributed by atoms with Crippen molar-refractivity contribution in [3.05, 3.63) is 82.6 Å². The average molecular weight is 397 g/mol. The molecule has 0 fully saturated rings. The van der Waals surface area contributed by atoms with Crippen molar-refractivity contribution >= 4 is 23.4 Å². The van der Waals surface area contributed by atoms with Crippen molar-refractivity contribution in [2.75, 3.05) is 0 Å². The number of carbonyl (C=O) groups is 2. The van der Waals surface area contributed by atoms with E-state index in [-0.39, 0.29) is 18.2 Å². The molecule has 0 aliphatic heterocycles. The highest BCUT2D eigenvalue weighted by molar-refractivity contribution is 6.30. The summed E-state index contributed by atoms with van der Waals surface area (Å²) in [5.41, 5.74) is 7.69. The van der Waals surface area contributed by atoms with Gasteiger partial charge in [0.2, 0.25) is 5.91 Å². The number of nitrogens with one attached hydrogen (secondary N) is 2. The molecule has 0 spiro atoms. The number of halogens is 1. The molecule has 3 rings (SSSR count). The SMILES string of the molecule is CC(C)c1c(C(=O)NNC(=O)Cc2ccccc2)cnn1-c1cccc(Cl)c1. The molecule has 2 N–H and O–H groups in total. The molecule has 0 unspecified atom stereocenters. The summed E-state index contributed by atoms with van der Waals surface area (Å²) in [5, 5.41) is 4.93. The smallest absolute Gasteiger partial charge is 0.273 e. The summed E-state index contributed by atoms with van der Waals surface area (Å²) in [4.78, 5) is 24.7. The molecular formula is C21H21ClN4O2. The van der Waals surface area contributed by atoms with Gasteiger partial charge in [0, 0.05) is 5.02 Å². The van der Waals surface area contributed by atoms with E-state index in [1.807, 2.05) is 56.3 Å². The number of nitrogens with zero attached hydrogens (tertiary/aromatic N) is 2. The van der Waals surface area contributed by atoms with E-state index in [9.17, 15) is 9.59 Å². The van der Waals surface area contributed by atoms with Crippen LogP contribution < -0.4 is 10.9 Å². The molecule has 0 aliphatic rings. The first-order valence-corrected chi connectivity index (χ1v) is 9.30. The number of hydrogen-bond donors (Lipinski definition) is 2. The summed E-state index contributed by atoms with van der Waals surface area (Å²) in [5.74, 6) is -0.687. The highest BCUT2D eigenvalue weighted by Gasteiger charge is 2.21. The molecule has 2 amide bonds. The zero-order chi connectivity index (χ0) is 20.1. The van der Waals surface area contributed by atoms with E-state index in [1.165, 1.54) is 6.20 Å². The largest absolute Gasteiger partial charge is 0.273 e. The molecule has 0 saturated heterocycles. The first-order valence-electron chi connectivity index (χ1n) is 8.92. The van der Waals surface area contributed by atoms with Crippen molar-refractivity contribution in [1.29, 1.82) is 0 Å². The van der Waals surface area contributed by atoms with Gasteiger partial charge in [-0.15, -0.1) is 0 Å². The number of hydrazine groups is 1. The maximum atomic E-state index is 12.6. The second-order valence-electron chi connectivity index (χ2n) is 6.65. The van der Waals surface area contributed by atoms with Gasteiger partial charge in [-0.2, -0.15) is 5.10 Å². The van der Waals surface area contributed by atoms with Gasteiger partial charge < -0.3 is 0 Å². The van der Waals surface area contributed by atoms with Gasteiger partial charge in [0.05, 0.1) is 29.6 Å². The molecule has 0 saturated carbocycles. The minimum atomic E-state index is -0.418. The van der Waals surface area contributed by atoms with E-state index < -0.39 is 5.91 Å². The Morgan fingerprint density at radius 3 is 2.50 bits per heavy atom. The zero-order valence-corrected chi connectivity index (χ0v) is 16.4. The van der Waals surface area contributed by atoms with Crippen molar-refractivity contribution in [2.45, 2.75) is 26.2 Å². The molecule has 0 aliphatic carbocycles. The molecule has 2 aromatic carbocycles. The Bertz CT molecular complexity index is 983. The van der Waals surface area contributed by atoms with Crippen LogP contribution in [0.1, 0.15) is 41.4 Å².